The summed E-state index contributed by atoms with van der Waals surface area (Å²) in [7, 11) is 0. The van der Waals surface area contributed by atoms with Gasteiger partial charge in [0.1, 0.15) is 11.5 Å². The van der Waals surface area contributed by atoms with E-state index >= 15 is 0 Å². The molecule has 2 aromatic rings. The highest BCUT2D eigenvalue weighted by molar-refractivity contribution is 6.32. The Balaban J connectivity index is 2.11. The maximum atomic E-state index is 9.40. The molecule has 0 aliphatic heterocycles. The van der Waals surface area contributed by atoms with Gasteiger partial charge in [-0.2, -0.15) is 0 Å². The van der Waals surface area contributed by atoms with Gasteiger partial charge in [-0.05, 0) is 54.3 Å². The molecule has 0 aliphatic rings. The zero-order valence-electron chi connectivity index (χ0n) is 9.53. The first kappa shape index (κ1) is 13.1. The van der Waals surface area contributed by atoms with Gasteiger partial charge in [0, 0.05) is 5.02 Å². The lowest BCUT2D eigenvalue weighted by molar-refractivity contribution is 0.474. The molecule has 0 saturated carbocycles. The third-order valence-corrected chi connectivity index (χ3v) is 3.40. The van der Waals surface area contributed by atoms with Crippen molar-refractivity contribution in [2.45, 2.75) is 12.8 Å². The molecule has 2 nitrogen and oxygen atoms in total. The fourth-order valence-corrected chi connectivity index (χ4v) is 2.15. The molecule has 0 bridgehead atoms. The van der Waals surface area contributed by atoms with E-state index in [2.05, 4.69) is 0 Å². The van der Waals surface area contributed by atoms with Crippen LogP contribution in [0.1, 0.15) is 11.1 Å². The zero-order valence-corrected chi connectivity index (χ0v) is 11.0. The number of phenols is 2. The summed E-state index contributed by atoms with van der Waals surface area (Å²) in [6.07, 6.45) is 1.44. The average molecular weight is 283 g/mol. The van der Waals surface area contributed by atoms with Gasteiger partial charge >= 0.3 is 0 Å². The minimum atomic E-state index is 0.0794. The normalized spacial score (nSPS) is 10.6. The molecule has 0 radical (unpaired) electrons. The number of rotatable bonds is 3. The number of hydrogen-bond donors (Lipinski definition) is 2. The Bertz CT molecular complexity index is 568. The van der Waals surface area contributed by atoms with Gasteiger partial charge in [-0.3, -0.25) is 0 Å². The highest BCUT2D eigenvalue weighted by Gasteiger charge is 2.04. The summed E-state index contributed by atoms with van der Waals surface area (Å²) in [5.74, 6) is 0.286. The monoisotopic (exact) mass is 282 g/mol. The van der Waals surface area contributed by atoms with Crippen LogP contribution in [0.25, 0.3) is 0 Å². The second kappa shape index (κ2) is 5.51. The molecule has 0 amide bonds. The van der Waals surface area contributed by atoms with Crippen LogP contribution >= 0.6 is 23.2 Å². The molecule has 0 spiro atoms. The molecule has 0 saturated heterocycles. The summed E-state index contributed by atoms with van der Waals surface area (Å²) >= 11 is 11.9. The van der Waals surface area contributed by atoms with Gasteiger partial charge in [0.2, 0.25) is 0 Å². The fourth-order valence-electron chi connectivity index (χ4n) is 1.74. The van der Waals surface area contributed by atoms with Crippen LogP contribution < -0.4 is 0 Å². The second-order valence-corrected chi connectivity index (χ2v) is 4.88. The fraction of sp³-hybridized carbons (Fsp3) is 0.143. The van der Waals surface area contributed by atoms with E-state index in [4.69, 9.17) is 23.2 Å². The highest BCUT2D eigenvalue weighted by atomic mass is 35.5. The predicted molar refractivity (Wildman–Crippen MR) is 73.6 cm³/mol. The van der Waals surface area contributed by atoms with Gasteiger partial charge < -0.3 is 10.2 Å². The molecule has 2 N–H and O–H groups in total. The van der Waals surface area contributed by atoms with Crippen LogP contribution in [0, 0.1) is 0 Å². The number of aryl methyl sites for hydroxylation is 2. The molecule has 0 atom stereocenters. The van der Waals surface area contributed by atoms with E-state index in [-0.39, 0.29) is 11.5 Å². The third kappa shape index (κ3) is 3.09. The van der Waals surface area contributed by atoms with Crippen LogP contribution in [-0.4, -0.2) is 10.2 Å². The summed E-state index contributed by atoms with van der Waals surface area (Å²) < 4.78 is 0. The van der Waals surface area contributed by atoms with Crippen molar-refractivity contribution < 1.29 is 10.2 Å². The first-order valence-corrected chi connectivity index (χ1v) is 6.26. The van der Waals surface area contributed by atoms with E-state index in [1.807, 2.05) is 6.07 Å². The average Bonchev–Trinajstić information content (AvgIpc) is 2.34. The van der Waals surface area contributed by atoms with Gasteiger partial charge in [-0.1, -0.05) is 29.3 Å². The first-order chi connectivity index (χ1) is 8.56. The summed E-state index contributed by atoms with van der Waals surface area (Å²) in [5.41, 5.74) is 1.90. The van der Waals surface area contributed by atoms with Crippen molar-refractivity contribution in [1.29, 1.82) is 0 Å². The number of halogens is 2. The van der Waals surface area contributed by atoms with Crippen LogP contribution in [0.15, 0.2) is 36.4 Å². The second-order valence-electron chi connectivity index (χ2n) is 4.06. The SMILES string of the molecule is Oc1ccc(Cl)c(CCc2ccc(O)c(Cl)c2)c1. The van der Waals surface area contributed by atoms with Gasteiger partial charge in [-0.15, -0.1) is 0 Å². The summed E-state index contributed by atoms with van der Waals surface area (Å²) in [6, 6.07) is 10.0. The molecule has 0 aromatic heterocycles. The topological polar surface area (TPSA) is 40.5 Å². The lowest BCUT2D eigenvalue weighted by Gasteiger charge is -2.06. The molecule has 2 aromatic carbocycles. The largest absolute Gasteiger partial charge is 0.508 e. The van der Waals surface area contributed by atoms with Gasteiger partial charge in [0.25, 0.3) is 0 Å². The van der Waals surface area contributed by atoms with E-state index in [1.54, 1.807) is 30.3 Å². The summed E-state index contributed by atoms with van der Waals surface area (Å²) in [6.45, 7) is 0. The zero-order chi connectivity index (χ0) is 13.1. The summed E-state index contributed by atoms with van der Waals surface area (Å²) in [5, 5.41) is 19.7. The van der Waals surface area contributed by atoms with Gasteiger partial charge in [0.05, 0.1) is 5.02 Å². The lowest BCUT2D eigenvalue weighted by atomic mass is 10.0. The van der Waals surface area contributed by atoms with Crippen molar-refractivity contribution in [3.8, 4) is 11.5 Å². The van der Waals surface area contributed by atoms with Crippen molar-refractivity contribution in [3.05, 3.63) is 57.6 Å². The van der Waals surface area contributed by atoms with Gasteiger partial charge in [0.15, 0.2) is 0 Å². The van der Waals surface area contributed by atoms with Crippen molar-refractivity contribution in [1.82, 2.24) is 0 Å². The lowest BCUT2D eigenvalue weighted by Crippen LogP contribution is -1.92. The Morgan fingerprint density at radius 1 is 0.833 bits per heavy atom. The van der Waals surface area contributed by atoms with Crippen LogP contribution in [-0.2, 0) is 12.8 Å². The quantitative estimate of drug-likeness (QED) is 0.886. The molecule has 0 aliphatic carbocycles. The maximum absolute atomic E-state index is 9.40. The summed E-state index contributed by atoms with van der Waals surface area (Å²) in [4.78, 5) is 0. The van der Waals surface area contributed by atoms with E-state index in [9.17, 15) is 10.2 Å². The Kier molecular flexibility index (Phi) is 4.00. The number of aromatic hydroxyl groups is 2. The van der Waals surface area contributed by atoms with Crippen molar-refractivity contribution >= 4 is 23.2 Å². The highest BCUT2D eigenvalue weighted by Crippen LogP contribution is 2.26. The molecule has 2 rings (SSSR count). The van der Waals surface area contributed by atoms with E-state index < -0.39 is 0 Å². The molecular weight excluding hydrogens is 271 g/mol. The van der Waals surface area contributed by atoms with Crippen molar-refractivity contribution in [2.24, 2.45) is 0 Å². The molecule has 0 heterocycles. The van der Waals surface area contributed by atoms with Crippen LogP contribution in [0.2, 0.25) is 10.0 Å². The maximum Gasteiger partial charge on any atom is 0.134 e. The van der Waals surface area contributed by atoms with Crippen LogP contribution in [0.4, 0.5) is 0 Å². The Labute approximate surface area is 115 Å². The first-order valence-electron chi connectivity index (χ1n) is 5.51. The molecular formula is C14H12Cl2O2. The smallest absolute Gasteiger partial charge is 0.134 e. The number of phenolic OH excluding ortho intramolecular Hbond substituents is 2. The number of hydrogen-bond acceptors (Lipinski definition) is 2. The minimum absolute atomic E-state index is 0.0794. The van der Waals surface area contributed by atoms with E-state index in [1.165, 1.54) is 0 Å². The van der Waals surface area contributed by atoms with Crippen molar-refractivity contribution in [2.75, 3.05) is 0 Å². The molecule has 18 heavy (non-hydrogen) atoms. The van der Waals surface area contributed by atoms with Gasteiger partial charge in [-0.25, -0.2) is 0 Å². The third-order valence-electron chi connectivity index (χ3n) is 2.72. The van der Waals surface area contributed by atoms with E-state index in [0.29, 0.717) is 16.5 Å². The molecule has 4 heteroatoms. The Morgan fingerprint density at radius 3 is 2.33 bits per heavy atom. The Hall–Kier alpha value is -1.38. The van der Waals surface area contributed by atoms with Crippen LogP contribution in [0.3, 0.4) is 0 Å². The van der Waals surface area contributed by atoms with Crippen LogP contribution in [0.5, 0.6) is 11.5 Å². The van der Waals surface area contributed by atoms with E-state index in [0.717, 1.165) is 17.5 Å². The molecule has 0 fully saturated rings. The molecule has 0 unspecified atom stereocenters. The predicted octanol–water partition coefficient (Wildman–Crippen LogP) is 4.19. The minimum Gasteiger partial charge on any atom is -0.508 e. The molecule has 94 valence electrons. The Morgan fingerprint density at radius 2 is 1.61 bits per heavy atom. The number of benzene rings is 2. The van der Waals surface area contributed by atoms with Crippen molar-refractivity contribution in [3.63, 3.8) is 0 Å². The standard InChI is InChI=1S/C14H12Cl2O2/c15-12-5-4-11(17)8-10(12)3-1-9-2-6-14(18)13(16)7-9/h2,4-8,17-18H,1,3H2.